The van der Waals surface area contributed by atoms with Crippen molar-refractivity contribution in [3.05, 3.63) is 48.0 Å². The molecule has 8 heteroatoms. The van der Waals surface area contributed by atoms with Crippen LogP contribution in [0.3, 0.4) is 0 Å². The van der Waals surface area contributed by atoms with Crippen LogP contribution in [0, 0.1) is 12.8 Å². The fourth-order valence-electron chi connectivity index (χ4n) is 3.18. The third kappa shape index (κ3) is 4.89. The topological polar surface area (TPSA) is 94.2 Å². The summed E-state index contributed by atoms with van der Waals surface area (Å²) in [7, 11) is 3.00. The standard InChI is InChI=1S/C22H24N2O6/c1-14-4-6-16(7-5-14)24-12-15(10-21(24)26)22(27)30-13-20(25)23-18-9-8-17(28-2)11-19(18)29-3/h4-9,11,15H,10,12-13H2,1-3H3,(H,23,25). The van der Waals surface area contributed by atoms with Crippen LogP contribution in [0.5, 0.6) is 11.5 Å². The van der Waals surface area contributed by atoms with E-state index in [0.717, 1.165) is 11.3 Å². The molecule has 0 radical (unpaired) electrons. The van der Waals surface area contributed by atoms with Crippen LogP contribution in [0.2, 0.25) is 0 Å². The lowest BCUT2D eigenvalue weighted by molar-refractivity contribution is -0.151. The molecule has 8 nitrogen and oxygen atoms in total. The first kappa shape index (κ1) is 21.2. The summed E-state index contributed by atoms with van der Waals surface area (Å²) in [6.07, 6.45) is 0.0562. The van der Waals surface area contributed by atoms with Gasteiger partial charge < -0.3 is 24.4 Å². The predicted molar refractivity (Wildman–Crippen MR) is 111 cm³/mol. The summed E-state index contributed by atoms with van der Waals surface area (Å²) in [6.45, 7) is 1.74. The first-order chi connectivity index (χ1) is 14.4. The molecule has 1 saturated heterocycles. The van der Waals surface area contributed by atoms with Gasteiger partial charge in [-0.05, 0) is 31.2 Å². The van der Waals surface area contributed by atoms with Gasteiger partial charge in [-0.2, -0.15) is 0 Å². The molecule has 1 unspecified atom stereocenters. The van der Waals surface area contributed by atoms with E-state index in [0.29, 0.717) is 17.2 Å². The Hall–Kier alpha value is -3.55. The van der Waals surface area contributed by atoms with Gasteiger partial charge in [-0.25, -0.2) is 0 Å². The highest BCUT2D eigenvalue weighted by atomic mass is 16.5. The Morgan fingerprint density at radius 3 is 2.50 bits per heavy atom. The zero-order valence-corrected chi connectivity index (χ0v) is 17.1. The third-order valence-electron chi connectivity index (χ3n) is 4.83. The van der Waals surface area contributed by atoms with Crippen LogP contribution in [0.4, 0.5) is 11.4 Å². The second-order valence-corrected chi connectivity index (χ2v) is 6.96. The Morgan fingerprint density at radius 2 is 1.83 bits per heavy atom. The SMILES string of the molecule is COc1ccc(NC(=O)COC(=O)C2CC(=O)N(c3ccc(C)cc3)C2)c(OC)c1. The van der Waals surface area contributed by atoms with Gasteiger partial charge >= 0.3 is 5.97 Å². The molecule has 158 valence electrons. The van der Waals surface area contributed by atoms with Crippen molar-refractivity contribution < 1.29 is 28.6 Å². The number of carbonyl (C=O) groups is 3. The Morgan fingerprint density at radius 1 is 1.10 bits per heavy atom. The van der Waals surface area contributed by atoms with E-state index >= 15 is 0 Å². The van der Waals surface area contributed by atoms with E-state index in [1.165, 1.54) is 14.2 Å². The number of nitrogens with one attached hydrogen (secondary N) is 1. The summed E-state index contributed by atoms with van der Waals surface area (Å²) in [6, 6.07) is 12.4. The van der Waals surface area contributed by atoms with Crippen LogP contribution >= 0.6 is 0 Å². The highest BCUT2D eigenvalue weighted by Gasteiger charge is 2.36. The fourth-order valence-corrected chi connectivity index (χ4v) is 3.18. The van der Waals surface area contributed by atoms with Crippen molar-refractivity contribution >= 4 is 29.2 Å². The molecule has 1 N–H and O–H groups in total. The van der Waals surface area contributed by atoms with Gasteiger partial charge in [-0.1, -0.05) is 17.7 Å². The number of aryl methyl sites for hydroxylation is 1. The lowest BCUT2D eigenvalue weighted by Gasteiger charge is -2.16. The van der Waals surface area contributed by atoms with Crippen molar-refractivity contribution in [3.63, 3.8) is 0 Å². The monoisotopic (exact) mass is 412 g/mol. The molecule has 0 spiro atoms. The zero-order valence-electron chi connectivity index (χ0n) is 17.1. The van der Waals surface area contributed by atoms with Gasteiger partial charge in [0, 0.05) is 24.7 Å². The van der Waals surface area contributed by atoms with Crippen LogP contribution < -0.4 is 19.7 Å². The normalized spacial score (nSPS) is 15.6. The largest absolute Gasteiger partial charge is 0.497 e. The Balaban J connectivity index is 1.54. The molecule has 2 amide bonds. The van der Waals surface area contributed by atoms with Crippen molar-refractivity contribution in [2.45, 2.75) is 13.3 Å². The minimum absolute atomic E-state index is 0.0562. The minimum atomic E-state index is -0.609. The second kappa shape index (κ2) is 9.30. The molecule has 0 bridgehead atoms. The Bertz CT molecular complexity index is 941. The number of rotatable bonds is 7. The van der Waals surface area contributed by atoms with Gasteiger partial charge in [-0.3, -0.25) is 14.4 Å². The smallest absolute Gasteiger partial charge is 0.311 e. The first-order valence-corrected chi connectivity index (χ1v) is 9.47. The average Bonchev–Trinajstić information content (AvgIpc) is 3.14. The summed E-state index contributed by atoms with van der Waals surface area (Å²) in [5, 5.41) is 2.63. The van der Waals surface area contributed by atoms with E-state index in [9.17, 15) is 14.4 Å². The summed E-state index contributed by atoms with van der Waals surface area (Å²) in [5.74, 6) is -0.832. The number of hydrogen-bond acceptors (Lipinski definition) is 6. The number of benzene rings is 2. The highest BCUT2D eigenvalue weighted by molar-refractivity contribution is 6.00. The molecule has 1 fully saturated rings. The summed E-state index contributed by atoms with van der Waals surface area (Å²) in [4.78, 5) is 38.4. The van der Waals surface area contributed by atoms with E-state index < -0.39 is 24.4 Å². The van der Waals surface area contributed by atoms with E-state index in [1.807, 2.05) is 31.2 Å². The van der Waals surface area contributed by atoms with Gasteiger partial charge in [0.15, 0.2) is 6.61 Å². The van der Waals surface area contributed by atoms with E-state index in [-0.39, 0.29) is 18.9 Å². The number of nitrogens with zero attached hydrogens (tertiary/aromatic N) is 1. The van der Waals surface area contributed by atoms with E-state index in [1.54, 1.807) is 23.1 Å². The molecular formula is C22H24N2O6. The number of ether oxygens (including phenoxy) is 3. The molecule has 0 saturated carbocycles. The number of amides is 2. The van der Waals surface area contributed by atoms with Gasteiger partial charge in [0.05, 0.1) is 25.8 Å². The van der Waals surface area contributed by atoms with E-state index in [4.69, 9.17) is 14.2 Å². The maximum atomic E-state index is 12.4. The molecule has 1 aliphatic heterocycles. The molecule has 0 aromatic heterocycles. The Kier molecular flexibility index (Phi) is 6.56. The van der Waals surface area contributed by atoms with Crippen molar-refractivity contribution in [1.29, 1.82) is 0 Å². The van der Waals surface area contributed by atoms with E-state index in [2.05, 4.69) is 5.32 Å². The molecule has 1 atom stereocenters. The predicted octanol–water partition coefficient (Wildman–Crippen LogP) is 2.55. The molecule has 2 aromatic carbocycles. The number of hydrogen-bond donors (Lipinski definition) is 1. The Labute approximate surface area is 174 Å². The van der Waals surface area contributed by atoms with Gasteiger partial charge in [0.25, 0.3) is 5.91 Å². The lowest BCUT2D eigenvalue weighted by atomic mass is 10.1. The van der Waals surface area contributed by atoms with Crippen LogP contribution in [0.15, 0.2) is 42.5 Å². The maximum Gasteiger partial charge on any atom is 0.311 e. The maximum absolute atomic E-state index is 12.4. The first-order valence-electron chi connectivity index (χ1n) is 9.47. The molecule has 3 rings (SSSR count). The van der Waals surface area contributed by atoms with Gasteiger partial charge in [0.1, 0.15) is 11.5 Å². The molecule has 2 aromatic rings. The fraction of sp³-hybridized carbons (Fsp3) is 0.318. The number of methoxy groups -OCH3 is 2. The minimum Gasteiger partial charge on any atom is -0.497 e. The molecule has 30 heavy (non-hydrogen) atoms. The molecular weight excluding hydrogens is 388 g/mol. The second-order valence-electron chi connectivity index (χ2n) is 6.96. The van der Waals surface area contributed by atoms with Crippen LogP contribution in [-0.2, 0) is 19.1 Å². The lowest BCUT2D eigenvalue weighted by Crippen LogP contribution is -2.28. The number of carbonyl (C=O) groups excluding carboxylic acids is 3. The quantitative estimate of drug-likeness (QED) is 0.703. The van der Waals surface area contributed by atoms with Crippen LogP contribution in [0.25, 0.3) is 0 Å². The highest BCUT2D eigenvalue weighted by Crippen LogP contribution is 2.29. The zero-order chi connectivity index (χ0) is 21.7. The average molecular weight is 412 g/mol. The number of esters is 1. The molecule has 1 aliphatic rings. The van der Waals surface area contributed by atoms with Crippen molar-refractivity contribution in [2.24, 2.45) is 5.92 Å². The molecule has 0 aliphatic carbocycles. The van der Waals surface area contributed by atoms with Crippen LogP contribution in [0.1, 0.15) is 12.0 Å². The summed E-state index contributed by atoms with van der Waals surface area (Å²) >= 11 is 0. The van der Waals surface area contributed by atoms with Gasteiger partial charge in [-0.15, -0.1) is 0 Å². The van der Waals surface area contributed by atoms with Crippen molar-refractivity contribution in [1.82, 2.24) is 0 Å². The number of anilines is 2. The van der Waals surface area contributed by atoms with Gasteiger partial charge in [0.2, 0.25) is 5.91 Å². The molecule has 1 heterocycles. The summed E-state index contributed by atoms with van der Waals surface area (Å²) < 4.78 is 15.5. The summed E-state index contributed by atoms with van der Waals surface area (Å²) in [5.41, 5.74) is 2.26. The van der Waals surface area contributed by atoms with Crippen molar-refractivity contribution in [2.75, 3.05) is 37.6 Å². The van der Waals surface area contributed by atoms with Crippen LogP contribution in [-0.4, -0.2) is 45.2 Å². The van der Waals surface area contributed by atoms with Crippen molar-refractivity contribution in [3.8, 4) is 11.5 Å². The third-order valence-corrected chi connectivity index (χ3v) is 4.83.